The fourth-order valence-electron chi connectivity index (χ4n) is 1.21. The summed E-state index contributed by atoms with van der Waals surface area (Å²) < 4.78 is 0.997. The van der Waals surface area contributed by atoms with Crippen LogP contribution in [0, 0.1) is 9.49 Å². The van der Waals surface area contributed by atoms with Gasteiger partial charge >= 0.3 is 0 Å². The van der Waals surface area contributed by atoms with Gasteiger partial charge in [-0.3, -0.25) is 4.79 Å². The van der Waals surface area contributed by atoms with Crippen LogP contribution in [0.15, 0.2) is 24.3 Å². The fraction of sp³-hybridized carbons (Fsp3) is 0.417. The van der Waals surface area contributed by atoms with Crippen molar-refractivity contribution in [2.75, 3.05) is 6.54 Å². The van der Waals surface area contributed by atoms with Gasteiger partial charge in [0.1, 0.15) is 0 Å². The number of nitrogens with one attached hydrogen (secondary N) is 1. The molecular weight excluding hydrogens is 301 g/mol. The topological polar surface area (TPSA) is 29.1 Å². The van der Waals surface area contributed by atoms with Crippen molar-refractivity contribution in [3.63, 3.8) is 0 Å². The number of halogens is 1. The number of hydrogen-bond donors (Lipinski definition) is 1. The molecule has 1 amide bonds. The average Bonchev–Trinajstić information content (AvgIpc) is 2.17. The molecule has 1 rings (SSSR count). The molecule has 0 atom stereocenters. The summed E-state index contributed by atoms with van der Waals surface area (Å²) in [5.74, 6) is 0.654. The first-order valence-electron chi connectivity index (χ1n) is 5.14. The van der Waals surface area contributed by atoms with Crippen molar-refractivity contribution in [3.05, 3.63) is 33.4 Å². The minimum Gasteiger partial charge on any atom is -0.352 e. The summed E-state index contributed by atoms with van der Waals surface area (Å²) in [5, 5.41) is 2.93. The fourth-order valence-corrected chi connectivity index (χ4v) is 1.85. The Kier molecular flexibility index (Phi) is 5.08. The van der Waals surface area contributed by atoms with E-state index in [4.69, 9.17) is 0 Å². The summed E-state index contributed by atoms with van der Waals surface area (Å²) in [5.41, 5.74) is 0.766. The Labute approximate surface area is 105 Å². The van der Waals surface area contributed by atoms with E-state index in [1.165, 1.54) is 0 Å². The van der Waals surface area contributed by atoms with E-state index in [9.17, 15) is 4.79 Å². The molecule has 0 heterocycles. The third-order valence-corrected chi connectivity index (χ3v) is 3.07. The molecule has 0 aliphatic carbocycles. The predicted molar refractivity (Wildman–Crippen MR) is 70.9 cm³/mol. The second-order valence-electron chi connectivity index (χ2n) is 3.92. The van der Waals surface area contributed by atoms with Crippen LogP contribution >= 0.6 is 22.6 Å². The SMILES string of the molecule is CC(C)CCNC(=O)c1ccccc1I. The Morgan fingerprint density at radius 2 is 2.07 bits per heavy atom. The van der Waals surface area contributed by atoms with Gasteiger partial charge in [-0.2, -0.15) is 0 Å². The minimum absolute atomic E-state index is 0.0284. The molecule has 0 unspecified atom stereocenters. The zero-order chi connectivity index (χ0) is 11.3. The van der Waals surface area contributed by atoms with Gasteiger partial charge in [0.15, 0.2) is 0 Å². The van der Waals surface area contributed by atoms with Crippen molar-refractivity contribution in [2.24, 2.45) is 5.92 Å². The Morgan fingerprint density at radius 1 is 1.40 bits per heavy atom. The van der Waals surface area contributed by atoms with Crippen LogP contribution in [0.2, 0.25) is 0 Å². The number of hydrogen-bond acceptors (Lipinski definition) is 1. The van der Waals surface area contributed by atoms with Crippen LogP contribution in [0.25, 0.3) is 0 Å². The smallest absolute Gasteiger partial charge is 0.252 e. The molecule has 3 heteroatoms. The van der Waals surface area contributed by atoms with Gasteiger partial charge in [-0.1, -0.05) is 26.0 Å². The number of amides is 1. The quantitative estimate of drug-likeness (QED) is 0.850. The molecule has 15 heavy (non-hydrogen) atoms. The van der Waals surface area contributed by atoms with E-state index in [0.29, 0.717) is 5.92 Å². The van der Waals surface area contributed by atoms with E-state index in [1.54, 1.807) is 0 Å². The molecule has 0 spiro atoms. The first kappa shape index (κ1) is 12.5. The van der Waals surface area contributed by atoms with Crippen LogP contribution in [0.5, 0.6) is 0 Å². The minimum atomic E-state index is 0.0284. The van der Waals surface area contributed by atoms with Crippen LogP contribution in [0.4, 0.5) is 0 Å². The molecule has 0 saturated carbocycles. The lowest BCUT2D eigenvalue weighted by molar-refractivity contribution is 0.0951. The number of rotatable bonds is 4. The molecule has 1 aromatic carbocycles. The first-order chi connectivity index (χ1) is 7.11. The van der Waals surface area contributed by atoms with E-state index in [0.717, 1.165) is 22.1 Å². The van der Waals surface area contributed by atoms with E-state index < -0.39 is 0 Å². The van der Waals surface area contributed by atoms with Crippen LogP contribution in [0.1, 0.15) is 30.6 Å². The summed E-state index contributed by atoms with van der Waals surface area (Å²) in [4.78, 5) is 11.7. The van der Waals surface area contributed by atoms with Crippen molar-refractivity contribution in [2.45, 2.75) is 20.3 Å². The molecule has 0 saturated heterocycles. The third kappa shape index (κ3) is 4.20. The molecule has 0 bridgehead atoms. The Bertz CT molecular complexity index is 336. The van der Waals surface area contributed by atoms with Gasteiger partial charge < -0.3 is 5.32 Å². The first-order valence-corrected chi connectivity index (χ1v) is 6.22. The lowest BCUT2D eigenvalue weighted by Crippen LogP contribution is -2.25. The van der Waals surface area contributed by atoms with Crippen LogP contribution < -0.4 is 5.32 Å². The van der Waals surface area contributed by atoms with Gasteiger partial charge in [-0.15, -0.1) is 0 Å². The standard InChI is InChI=1S/C12H16INO/c1-9(2)7-8-14-12(15)10-5-3-4-6-11(10)13/h3-6,9H,7-8H2,1-2H3,(H,14,15). The van der Waals surface area contributed by atoms with Crippen molar-refractivity contribution in [1.82, 2.24) is 5.32 Å². The molecule has 0 aliphatic rings. The highest BCUT2D eigenvalue weighted by molar-refractivity contribution is 14.1. The summed E-state index contributed by atoms with van der Waals surface area (Å²) in [6.45, 7) is 5.05. The molecule has 0 fully saturated rings. The molecule has 2 nitrogen and oxygen atoms in total. The number of carbonyl (C=O) groups excluding carboxylic acids is 1. The lowest BCUT2D eigenvalue weighted by Gasteiger charge is -2.08. The number of carbonyl (C=O) groups is 1. The molecule has 0 aliphatic heterocycles. The zero-order valence-electron chi connectivity index (χ0n) is 9.09. The van der Waals surface area contributed by atoms with Gasteiger partial charge in [-0.25, -0.2) is 0 Å². The summed E-state index contributed by atoms with van der Waals surface area (Å²) >= 11 is 2.18. The second kappa shape index (κ2) is 6.10. The van der Waals surface area contributed by atoms with Crippen molar-refractivity contribution >= 4 is 28.5 Å². The molecule has 0 radical (unpaired) electrons. The van der Waals surface area contributed by atoms with Crippen LogP contribution in [0.3, 0.4) is 0 Å². The summed E-state index contributed by atoms with van der Waals surface area (Å²) in [6, 6.07) is 7.62. The normalized spacial score (nSPS) is 10.4. The largest absolute Gasteiger partial charge is 0.352 e. The molecule has 1 aromatic rings. The van der Waals surface area contributed by atoms with E-state index >= 15 is 0 Å². The van der Waals surface area contributed by atoms with Gasteiger partial charge in [0, 0.05) is 10.1 Å². The Balaban J connectivity index is 2.51. The Hall–Kier alpha value is -0.580. The predicted octanol–water partition coefficient (Wildman–Crippen LogP) is 3.07. The summed E-state index contributed by atoms with van der Waals surface area (Å²) in [7, 11) is 0. The number of benzene rings is 1. The van der Waals surface area contributed by atoms with E-state index in [2.05, 4.69) is 41.8 Å². The second-order valence-corrected chi connectivity index (χ2v) is 5.08. The van der Waals surface area contributed by atoms with Gasteiger partial charge in [0.25, 0.3) is 5.91 Å². The third-order valence-electron chi connectivity index (χ3n) is 2.13. The molecule has 82 valence electrons. The van der Waals surface area contributed by atoms with E-state index in [-0.39, 0.29) is 5.91 Å². The maximum atomic E-state index is 11.7. The average molecular weight is 317 g/mol. The molecule has 1 N–H and O–H groups in total. The zero-order valence-corrected chi connectivity index (χ0v) is 11.2. The Morgan fingerprint density at radius 3 is 2.67 bits per heavy atom. The monoisotopic (exact) mass is 317 g/mol. The van der Waals surface area contributed by atoms with Crippen LogP contribution in [-0.2, 0) is 0 Å². The molecule has 0 aromatic heterocycles. The maximum Gasteiger partial charge on any atom is 0.252 e. The van der Waals surface area contributed by atoms with Gasteiger partial charge in [0.2, 0.25) is 0 Å². The van der Waals surface area contributed by atoms with E-state index in [1.807, 2.05) is 24.3 Å². The highest BCUT2D eigenvalue weighted by Crippen LogP contribution is 2.11. The highest BCUT2D eigenvalue weighted by atomic mass is 127. The van der Waals surface area contributed by atoms with Crippen molar-refractivity contribution in [1.29, 1.82) is 0 Å². The molecular formula is C12H16INO. The summed E-state index contributed by atoms with van der Waals surface area (Å²) in [6.07, 6.45) is 1.02. The maximum absolute atomic E-state index is 11.7. The van der Waals surface area contributed by atoms with Gasteiger partial charge in [-0.05, 0) is 47.1 Å². The van der Waals surface area contributed by atoms with Crippen molar-refractivity contribution in [3.8, 4) is 0 Å². The lowest BCUT2D eigenvalue weighted by atomic mass is 10.1. The van der Waals surface area contributed by atoms with Crippen molar-refractivity contribution < 1.29 is 4.79 Å². The van der Waals surface area contributed by atoms with Crippen LogP contribution in [-0.4, -0.2) is 12.5 Å². The van der Waals surface area contributed by atoms with Gasteiger partial charge in [0.05, 0.1) is 5.56 Å². The highest BCUT2D eigenvalue weighted by Gasteiger charge is 2.07.